The van der Waals surface area contributed by atoms with Crippen LogP contribution in [0.2, 0.25) is 0 Å². The minimum Gasteiger partial charge on any atom is -0.209 e. The van der Waals surface area contributed by atoms with Crippen molar-refractivity contribution in [3.63, 3.8) is 0 Å². The van der Waals surface area contributed by atoms with E-state index in [2.05, 4.69) is 20.3 Å². The molecule has 0 fully saturated rings. The van der Waals surface area contributed by atoms with Crippen molar-refractivity contribution < 1.29 is 0 Å². The van der Waals surface area contributed by atoms with Gasteiger partial charge in [-0.2, -0.15) is 11.3 Å². The van der Waals surface area contributed by atoms with Crippen LogP contribution in [-0.2, 0) is 7.59 Å². The Labute approximate surface area is 189 Å². The van der Waals surface area contributed by atoms with Crippen LogP contribution in [0.4, 0.5) is 0 Å². The third kappa shape index (κ3) is 5.70. The highest BCUT2D eigenvalue weighted by molar-refractivity contribution is 7.08. The molecule has 3 nitrogen and oxygen atoms in total. The number of hydrogen-bond donors (Lipinski definition) is 0. The fourth-order valence-corrected chi connectivity index (χ4v) is 3.20. The summed E-state index contributed by atoms with van der Waals surface area (Å²) in [5, 5.41) is 4.08. The van der Waals surface area contributed by atoms with E-state index in [1.54, 1.807) is 11.3 Å². The third-order valence-corrected chi connectivity index (χ3v) is 5.04. The molecule has 0 atom stereocenters. The van der Waals surface area contributed by atoms with Gasteiger partial charge in [0.25, 0.3) is 0 Å². The zero-order valence-electron chi connectivity index (χ0n) is 13.2. The molecule has 0 aliphatic heterocycles. The predicted molar refractivity (Wildman–Crippen MR) is 117 cm³/mol. The van der Waals surface area contributed by atoms with Crippen LogP contribution >= 0.6 is 80.9 Å². The van der Waals surface area contributed by atoms with Crippen molar-refractivity contribution in [3.8, 4) is 11.4 Å². The van der Waals surface area contributed by atoms with Gasteiger partial charge in [-0.15, -0.1) is 0 Å². The van der Waals surface area contributed by atoms with Crippen molar-refractivity contribution in [2.75, 3.05) is 0 Å². The van der Waals surface area contributed by atoms with E-state index in [0.29, 0.717) is 5.56 Å². The number of thiophene rings is 1. The smallest absolute Gasteiger partial charge is 0.209 e. The Balaban J connectivity index is 1.95. The monoisotopic (exact) mass is 497 g/mol. The second kappa shape index (κ2) is 8.42. The van der Waals surface area contributed by atoms with Crippen LogP contribution in [0.3, 0.4) is 0 Å². The number of hydrogen-bond acceptors (Lipinski definition) is 4. The van der Waals surface area contributed by atoms with Gasteiger partial charge in [0, 0.05) is 5.56 Å². The molecule has 0 radical (unpaired) electrons. The Morgan fingerprint density at radius 3 is 1.74 bits per heavy atom. The molecule has 0 aliphatic carbocycles. The molecule has 0 saturated carbocycles. The zero-order valence-corrected chi connectivity index (χ0v) is 18.6. The van der Waals surface area contributed by atoms with Gasteiger partial charge in [-0.25, -0.2) is 15.0 Å². The number of halogens is 6. The van der Waals surface area contributed by atoms with Crippen LogP contribution < -0.4 is 0 Å². The topological polar surface area (TPSA) is 38.7 Å². The lowest BCUT2D eigenvalue weighted by molar-refractivity contribution is 0.851. The molecule has 27 heavy (non-hydrogen) atoms. The van der Waals surface area contributed by atoms with E-state index in [0.717, 1.165) is 11.1 Å². The SMILES string of the molecule is ClC(Cl)(Cl)c1nc(-c2ccc(/C=C/c3ccsc3)cc2)nc(C(Cl)(Cl)Cl)n1. The van der Waals surface area contributed by atoms with Gasteiger partial charge in [-0.05, 0) is 28.0 Å². The zero-order chi connectivity index (χ0) is 19.7. The molecule has 2 aromatic heterocycles. The fraction of sp³-hybridized carbons (Fsp3) is 0.118. The van der Waals surface area contributed by atoms with E-state index in [1.807, 2.05) is 47.9 Å². The normalized spacial score (nSPS) is 12.7. The molecule has 3 rings (SSSR count). The highest BCUT2D eigenvalue weighted by atomic mass is 35.6. The van der Waals surface area contributed by atoms with E-state index in [4.69, 9.17) is 69.6 Å². The second-order valence-corrected chi connectivity index (χ2v) is 10.7. The lowest BCUT2D eigenvalue weighted by Crippen LogP contribution is -2.16. The van der Waals surface area contributed by atoms with Crippen LogP contribution in [0.25, 0.3) is 23.5 Å². The summed E-state index contributed by atoms with van der Waals surface area (Å²) in [6.45, 7) is 0. The molecule has 0 N–H and O–H groups in total. The van der Waals surface area contributed by atoms with Crippen molar-refractivity contribution in [2.45, 2.75) is 7.59 Å². The third-order valence-electron chi connectivity index (χ3n) is 3.32. The first kappa shape index (κ1) is 21.1. The summed E-state index contributed by atoms with van der Waals surface area (Å²) in [5.41, 5.74) is 2.81. The molecular formula is C17H9Cl6N3S. The summed E-state index contributed by atoms with van der Waals surface area (Å²) in [6.07, 6.45) is 4.02. The van der Waals surface area contributed by atoms with Crippen LogP contribution in [0.5, 0.6) is 0 Å². The molecule has 1 aromatic carbocycles. The number of alkyl halides is 6. The Morgan fingerprint density at radius 1 is 0.704 bits per heavy atom. The van der Waals surface area contributed by atoms with Crippen LogP contribution in [0, 0.1) is 0 Å². The van der Waals surface area contributed by atoms with Gasteiger partial charge in [0.2, 0.25) is 7.59 Å². The minimum absolute atomic E-state index is 0.125. The maximum atomic E-state index is 5.90. The lowest BCUT2D eigenvalue weighted by Gasteiger charge is -2.15. The van der Waals surface area contributed by atoms with Crippen LogP contribution in [0.15, 0.2) is 41.1 Å². The minimum atomic E-state index is -1.88. The van der Waals surface area contributed by atoms with Crippen LogP contribution in [-0.4, -0.2) is 15.0 Å². The van der Waals surface area contributed by atoms with Crippen molar-refractivity contribution in [1.82, 2.24) is 15.0 Å². The van der Waals surface area contributed by atoms with Crippen LogP contribution in [0.1, 0.15) is 22.8 Å². The number of nitrogens with zero attached hydrogens (tertiary/aromatic N) is 3. The van der Waals surface area contributed by atoms with Gasteiger partial charge < -0.3 is 0 Å². The summed E-state index contributed by atoms with van der Waals surface area (Å²) < 4.78 is -3.77. The number of aromatic nitrogens is 3. The Morgan fingerprint density at radius 2 is 1.26 bits per heavy atom. The Hall–Kier alpha value is -0.590. The molecule has 3 aromatic rings. The summed E-state index contributed by atoms with van der Waals surface area (Å²) in [6, 6.07) is 9.51. The van der Waals surface area contributed by atoms with Gasteiger partial charge in [-0.1, -0.05) is 106 Å². The summed E-state index contributed by atoms with van der Waals surface area (Å²) in [7, 11) is 0. The molecule has 0 unspecified atom stereocenters. The van der Waals surface area contributed by atoms with E-state index in [-0.39, 0.29) is 17.5 Å². The predicted octanol–water partition coefficient (Wildman–Crippen LogP) is 7.42. The average Bonchev–Trinajstić information content (AvgIpc) is 3.12. The van der Waals surface area contributed by atoms with E-state index >= 15 is 0 Å². The standard InChI is InChI=1S/C17H9Cl6N3S/c18-16(19,20)14-24-13(25-15(26-14)17(21,22)23)12-5-3-10(4-6-12)1-2-11-7-8-27-9-11/h1-9H/b2-1+. The van der Waals surface area contributed by atoms with Gasteiger partial charge >= 0.3 is 0 Å². The second-order valence-electron chi connectivity index (χ2n) is 5.31. The molecule has 0 amide bonds. The Bertz CT molecular complexity index is 912. The summed E-state index contributed by atoms with van der Waals surface area (Å²) >= 11 is 37.0. The van der Waals surface area contributed by atoms with E-state index in [9.17, 15) is 0 Å². The van der Waals surface area contributed by atoms with Gasteiger partial charge in [0.15, 0.2) is 17.5 Å². The molecule has 10 heteroatoms. The van der Waals surface area contributed by atoms with Crippen molar-refractivity contribution in [1.29, 1.82) is 0 Å². The quantitative estimate of drug-likeness (QED) is 0.352. The summed E-state index contributed by atoms with van der Waals surface area (Å²) in [4.78, 5) is 12.3. The molecule has 0 bridgehead atoms. The number of rotatable bonds is 3. The molecule has 140 valence electrons. The molecule has 2 heterocycles. The van der Waals surface area contributed by atoms with Gasteiger partial charge in [-0.3, -0.25) is 0 Å². The first-order chi connectivity index (χ1) is 12.6. The molecule has 0 saturated heterocycles. The van der Waals surface area contributed by atoms with E-state index < -0.39 is 7.59 Å². The lowest BCUT2D eigenvalue weighted by atomic mass is 10.1. The fourth-order valence-electron chi connectivity index (χ4n) is 2.06. The number of benzene rings is 1. The van der Waals surface area contributed by atoms with Gasteiger partial charge in [0.05, 0.1) is 0 Å². The molecular weight excluding hydrogens is 491 g/mol. The van der Waals surface area contributed by atoms with Crippen molar-refractivity contribution in [3.05, 3.63) is 63.9 Å². The largest absolute Gasteiger partial charge is 0.250 e. The highest BCUT2D eigenvalue weighted by Crippen LogP contribution is 2.40. The van der Waals surface area contributed by atoms with Crippen molar-refractivity contribution >= 4 is 93.1 Å². The molecule has 0 spiro atoms. The first-order valence-electron chi connectivity index (χ1n) is 7.34. The Kier molecular flexibility index (Phi) is 6.59. The maximum Gasteiger partial charge on any atom is 0.250 e. The average molecular weight is 500 g/mol. The van der Waals surface area contributed by atoms with Crippen molar-refractivity contribution in [2.24, 2.45) is 0 Å². The van der Waals surface area contributed by atoms with E-state index in [1.165, 1.54) is 0 Å². The maximum absolute atomic E-state index is 5.90. The first-order valence-corrected chi connectivity index (χ1v) is 10.6. The summed E-state index contributed by atoms with van der Waals surface area (Å²) in [5.74, 6) is -0.0125. The molecule has 0 aliphatic rings. The highest BCUT2D eigenvalue weighted by Gasteiger charge is 2.33. The van der Waals surface area contributed by atoms with Gasteiger partial charge in [0.1, 0.15) is 0 Å².